The molecule has 0 radical (unpaired) electrons. The minimum Gasteiger partial charge on any atom is -0.471 e. The van der Waals surface area contributed by atoms with Crippen LogP contribution >= 0.6 is 0 Å². The fourth-order valence-electron chi connectivity index (χ4n) is 1.56. The number of halogens is 1. The van der Waals surface area contributed by atoms with Crippen molar-refractivity contribution in [2.24, 2.45) is 5.73 Å². The number of rotatable bonds is 4. The average Bonchev–Trinajstić information content (AvgIpc) is 2.45. The van der Waals surface area contributed by atoms with Crippen molar-refractivity contribution in [3.63, 3.8) is 0 Å². The fourth-order valence-corrected chi connectivity index (χ4v) is 1.56. The molecule has 100 valence electrons. The standard InChI is InChI=1S/C13H9FN4O2/c14-10-3-1-2-8(9(10)6-15)7-20-13-11(12(16)19)17-4-5-18-13/h1-5H,7H2,(H2,16,19). The highest BCUT2D eigenvalue weighted by atomic mass is 19.1. The smallest absolute Gasteiger partial charge is 0.272 e. The predicted molar refractivity (Wildman–Crippen MR) is 66.0 cm³/mol. The lowest BCUT2D eigenvalue weighted by atomic mass is 10.1. The van der Waals surface area contributed by atoms with Gasteiger partial charge in [-0.05, 0) is 6.07 Å². The molecule has 0 bridgehead atoms. The molecule has 2 aromatic rings. The van der Waals surface area contributed by atoms with E-state index in [2.05, 4.69) is 9.97 Å². The Bertz CT molecular complexity index is 697. The summed E-state index contributed by atoms with van der Waals surface area (Å²) >= 11 is 0. The number of primary amides is 1. The summed E-state index contributed by atoms with van der Waals surface area (Å²) in [5, 5.41) is 8.89. The van der Waals surface area contributed by atoms with Crippen molar-refractivity contribution < 1.29 is 13.9 Å². The molecule has 1 amide bonds. The Hall–Kier alpha value is -3.01. The first-order valence-corrected chi connectivity index (χ1v) is 5.54. The van der Waals surface area contributed by atoms with Crippen molar-refractivity contribution in [3.05, 3.63) is 53.2 Å². The molecule has 2 N–H and O–H groups in total. The van der Waals surface area contributed by atoms with Gasteiger partial charge in [0.15, 0.2) is 5.69 Å². The summed E-state index contributed by atoms with van der Waals surface area (Å²) in [5.74, 6) is -1.48. The summed E-state index contributed by atoms with van der Waals surface area (Å²) in [5.41, 5.74) is 5.23. The molecule has 20 heavy (non-hydrogen) atoms. The predicted octanol–water partition coefficient (Wildman–Crippen LogP) is 1.17. The molecule has 0 atom stereocenters. The highest BCUT2D eigenvalue weighted by molar-refractivity contribution is 5.92. The number of carbonyl (C=O) groups is 1. The van der Waals surface area contributed by atoms with Crippen molar-refractivity contribution in [1.29, 1.82) is 5.26 Å². The van der Waals surface area contributed by atoms with Crippen LogP contribution in [0.1, 0.15) is 21.6 Å². The fraction of sp³-hybridized carbons (Fsp3) is 0.0769. The number of amides is 1. The van der Waals surface area contributed by atoms with Crippen molar-refractivity contribution in [2.75, 3.05) is 0 Å². The Kier molecular flexibility index (Phi) is 3.86. The largest absolute Gasteiger partial charge is 0.471 e. The van der Waals surface area contributed by atoms with Gasteiger partial charge >= 0.3 is 0 Å². The number of benzene rings is 1. The molecule has 1 heterocycles. The van der Waals surface area contributed by atoms with Gasteiger partial charge in [0, 0.05) is 18.0 Å². The third-order valence-corrected chi connectivity index (χ3v) is 2.47. The van der Waals surface area contributed by atoms with E-state index >= 15 is 0 Å². The number of aromatic nitrogens is 2. The molecule has 0 unspecified atom stereocenters. The molecule has 1 aromatic heterocycles. The van der Waals surface area contributed by atoms with Crippen LogP contribution in [0.4, 0.5) is 4.39 Å². The van der Waals surface area contributed by atoms with Gasteiger partial charge in [-0.25, -0.2) is 14.4 Å². The zero-order chi connectivity index (χ0) is 14.5. The Morgan fingerprint density at radius 2 is 2.15 bits per heavy atom. The van der Waals surface area contributed by atoms with Crippen LogP contribution in [0, 0.1) is 17.1 Å². The SMILES string of the molecule is N#Cc1c(F)cccc1COc1nccnc1C(N)=O. The highest BCUT2D eigenvalue weighted by Crippen LogP contribution is 2.17. The summed E-state index contributed by atoms with van der Waals surface area (Å²) in [7, 11) is 0. The summed E-state index contributed by atoms with van der Waals surface area (Å²) in [4.78, 5) is 18.7. The van der Waals surface area contributed by atoms with Gasteiger partial charge in [0.1, 0.15) is 18.5 Å². The molecule has 1 aromatic carbocycles. The van der Waals surface area contributed by atoms with Gasteiger partial charge in [-0.1, -0.05) is 12.1 Å². The van der Waals surface area contributed by atoms with Gasteiger partial charge in [0.2, 0.25) is 5.88 Å². The van der Waals surface area contributed by atoms with E-state index in [0.717, 1.165) is 0 Å². The van der Waals surface area contributed by atoms with Gasteiger partial charge in [-0.2, -0.15) is 5.26 Å². The first-order chi connectivity index (χ1) is 9.63. The average molecular weight is 272 g/mol. The second-order valence-electron chi connectivity index (χ2n) is 3.75. The zero-order valence-corrected chi connectivity index (χ0v) is 10.2. The first-order valence-electron chi connectivity index (χ1n) is 5.54. The highest BCUT2D eigenvalue weighted by Gasteiger charge is 2.14. The van der Waals surface area contributed by atoms with Crippen LogP contribution in [0.3, 0.4) is 0 Å². The number of hydrogen-bond donors (Lipinski definition) is 1. The van der Waals surface area contributed by atoms with Crippen LogP contribution in [0.5, 0.6) is 5.88 Å². The molecular weight excluding hydrogens is 263 g/mol. The van der Waals surface area contributed by atoms with Gasteiger partial charge in [-0.15, -0.1) is 0 Å². The maximum Gasteiger partial charge on any atom is 0.272 e. The van der Waals surface area contributed by atoms with Gasteiger partial charge in [0.25, 0.3) is 5.91 Å². The van der Waals surface area contributed by atoms with Crippen LogP contribution in [0.25, 0.3) is 0 Å². The minimum atomic E-state index is -0.784. The number of nitriles is 1. The van der Waals surface area contributed by atoms with Crippen LogP contribution < -0.4 is 10.5 Å². The van der Waals surface area contributed by atoms with E-state index in [9.17, 15) is 9.18 Å². The van der Waals surface area contributed by atoms with E-state index in [1.54, 1.807) is 12.1 Å². The maximum atomic E-state index is 13.4. The van der Waals surface area contributed by atoms with E-state index in [-0.39, 0.29) is 23.7 Å². The third kappa shape index (κ3) is 2.70. The van der Waals surface area contributed by atoms with Gasteiger partial charge in [-0.3, -0.25) is 4.79 Å². The lowest BCUT2D eigenvalue weighted by Gasteiger charge is -2.08. The van der Waals surface area contributed by atoms with Crippen molar-refractivity contribution in [3.8, 4) is 11.9 Å². The first kappa shape index (κ1) is 13.4. The second kappa shape index (κ2) is 5.75. The summed E-state index contributed by atoms with van der Waals surface area (Å²) < 4.78 is 18.7. The Morgan fingerprint density at radius 1 is 1.40 bits per heavy atom. The van der Waals surface area contributed by atoms with Crippen molar-refractivity contribution in [1.82, 2.24) is 9.97 Å². The molecule has 0 aliphatic carbocycles. The zero-order valence-electron chi connectivity index (χ0n) is 10.2. The van der Waals surface area contributed by atoms with Crippen molar-refractivity contribution >= 4 is 5.91 Å². The molecule has 6 nitrogen and oxygen atoms in total. The molecule has 2 rings (SSSR count). The van der Waals surface area contributed by atoms with Gasteiger partial charge in [0.05, 0.1) is 5.56 Å². The summed E-state index contributed by atoms with van der Waals surface area (Å²) in [6, 6.07) is 5.94. The summed E-state index contributed by atoms with van der Waals surface area (Å²) in [6.45, 7) is -0.125. The molecule has 0 spiro atoms. The van der Waals surface area contributed by atoms with E-state index in [0.29, 0.717) is 5.56 Å². The molecule has 0 aliphatic heterocycles. The van der Waals surface area contributed by atoms with Crippen molar-refractivity contribution in [2.45, 2.75) is 6.61 Å². The Balaban J connectivity index is 2.24. The number of carbonyl (C=O) groups excluding carboxylic acids is 1. The summed E-state index contributed by atoms with van der Waals surface area (Å²) in [6.07, 6.45) is 2.63. The Labute approximate surface area is 113 Å². The molecular formula is C13H9FN4O2. The normalized spacial score (nSPS) is 9.80. The molecule has 0 fully saturated rings. The Morgan fingerprint density at radius 3 is 2.85 bits per heavy atom. The lowest BCUT2D eigenvalue weighted by Crippen LogP contribution is -2.16. The molecule has 0 saturated carbocycles. The number of nitrogens with two attached hydrogens (primary N) is 1. The monoisotopic (exact) mass is 272 g/mol. The molecule has 0 saturated heterocycles. The number of nitrogens with zero attached hydrogens (tertiary/aromatic N) is 3. The second-order valence-corrected chi connectivity index (χ2v) is 3.75. The lowest BCUT2D eigenvalue weighted by molar-refractivity contribution is 0.0989. The van der Waals surface area contributed by atoms with E-state index in [1.165, 1.54) is 24.5 Å². The molecule has 0 aliphatic rings. The van der Waals surface area contributed by atoms with E-state index in [1.807, 2.05) is 0 Å². The van der Waals surface area contributed by atoms with Crippen LogP contribution in [-0.4, -0.2) is 15.9 Å². The van der Waals surface area contributed by atoms with Crippen LogP contribution in [0.15, 0.2) is 30.6 Å². The topological polar surface area (TPSA) is 102 Å². The van der Waals surface area contributed by atoms with E-state index < -0.39 is 11.7 Å². The number of ether oxygens (including phenoxy) is 1. The van der Waals surface area contributed by atoms with Crippen LogP contribution in [-0.2, 0) is 6.61 Å². The molecule has 7 heteroatoms. The quantitative estimate of drug-likeness (QED) is 0.899. The number of hydrogen-bond acceptors (Lipinski definition) is 5. The van der Waals surface area contributed by atoms with E-state index in [4.69, 9.17) is 15.7 Å². The minimum absolute atomic E-state index is 0.0619. The van der Waals surface area contributed by atoms with Crippen LogP contribution in [0.2, 0.25) is 0 Å². The third-order valence-electron chi connectivity index (χ3n) is 2.47. The maximum absolute atomic E-state index is 13.4. The van der Waals surface area contributed by atoms with Gasteiger partial charge < -0.3 is 10.5 Å².